The van der Waals surface area contributed by atoms with Crippen LogP contribution in [-0.4, -0.2) is 69.3 Å². The molecule has 2 aromatic heterocycles. The summed E-state index contributed by atoms with van der Waals surface area (Å²) in [4.78, 5) is 39.3. The summed E-state index contributed by atoms with van der Waals surface area (Å²) in [6, 6.07) is 9.58. The molecule has 34 heavy (non-hydrogen) atoms. The van der Waals surface area contributed by atoms with Gasteiger partial charge in [-0.25, -0.2) is 24.1 Å². The SMILES string of the molecule is O=P(O)(O)OP(=O)(O)OC[C@H]1OC(n2cnc3c(NCc4ccccc4)ncnc32)[C@H](O)[C@@H]1O. The van der Waals surface area contributed by atoms with E-state index in [1.807, 2.05) is 30.3 Å². The molecule has 17 heteroatoms. The summed E-state index contributed by atoms with van der Waals surface area (Å²) < 4.78 is 37.5. The fourth-order valence-corrected chi connectivity index (χ4v) is 4.97. The Labute approximate surface area is 191 Å². The molecule has 15 nitrogen and oxygen atoms in total. The van der Waals surface area contributed by atoms with E-state index in [2.05, 4.69) is 29.1 Å². The van der Waals surface area contributed by atoms with Crippen LogP contribution in [0.2, 0.25) is 0 Å². The largest absolute Gasteiger partial charge is 0.481 e. The van der Waals surface area contributed by atoms with E-state index in [1.165, 1.54) is 17.2 Å². The standard InChI is InChI=1S/C17H21N5O10P2/c23-13-11(7-30-34(28,29)32-33(25,26)27)31-17(14(13)24)22-9-21-12-15(19-8-20-16(12)22)18-6-10-4-2-1-3-5-10/h1-5,8-9,11,13-14,17,23-24H,6-7H2,(H,28,29)(H,18,19,20)(H2,25,26,27)/t11-,13-,14-,17?/m1/s1. The third-order valence-electron chi connectivity index (χ3n) is 4.88. The van der Waals surface area contributed by atoms with E-state index in [0.29, 0.717) is 17.9 Å². The van der Waals surface area contributed by atoms with Crippen LogP contribution in [0.3, 0.4) is 0 Å². The molecular weight excluding hydrogens is 496 g/mol. The third-order valence-corrected chi connectivity index (χ3v) is 7.04. The smallest absolute Gasteiger partial charge is 0.387 e. The molecule has 184 valence electrons. The topological polar surface area (TPSA) is 219 Å². The van der Waals surface area contributed by atoms with Crippen molar-refractivity contribution in [2.24, 2.45) is 0 Å². The first kappa shape index (κ1) is 24.8. The van der Waals surface area contributed by atoms with Gasteiger partial charge in [-0.05, 0) is 5.56 Å². The Hall–Kier alpha value is -2.29. The summed E-state index contributed by atoms with van der Waals surface area (Å²) in [7, 11) is -10.5. The number of aliphatic hydroxyl groups is 2. The van der Waals surface area contributed by atoms with Crippen LogP contribution in [0, 0.1) is 0 Å². The minimum absolute atomic E-state index is 0.279. The average molecular weight is 517 g/mol. The van der Waals surface area contributed by atoms with Gasteiger partial charge in [0, 0.05) is 6.54 Å². The maximum atomic E-state index is 11.6. The first-order chi connectivity index (χ1) is 16.0. The van der Waals surface area contributed by atoms with Gasteiger partial charge in [0.05, 0.1) is 12.9 Å². The Morgan fingerprint density at radius 3 is 2.50 bits per heavy atom. The molecule has 2 unspecified atom stereocenters. The summed E-state index contributed by atoms with van der Waals surface area (Å²) in [5.41, 5.74) is 1.66. The molecule has 0 bridgehead atoms. The maximum absolute atomic E-state index is 11.6. The summed E-state index contributed by atoms with van der Waals surface area (Å²) in [5.74, 6) is 0.427. The molecule has 0 spiro atoms. The number of ether oxygens (including phenoxy) is 1. The molecule has 1 aliphatic rings. The second-order valence-electron chi connectivity index (χ2n) is 7.27. The van der Waals surface area contributed by atoms with Gasteiger partial charge in [0.1, 0.15) is 24.6 Å². The molecule has 1 saturated heterocycles. The third kappa shape index (κ3) is 5.67. The normalized spacial score (nSPS) is 24.9. The van der Waals surface area contributed by atoms with Crippen molar-refractivity contribution in [3.63, 3.8) is 0 Å². The highest BCUT2D eigenvalue weighted by molar-refractivity contribution is 7.60. The van der Waals surface area contributed by atoms with Crippen molar-refractivity contribution >= 4 is 32.6 Å². The van der Waals surface area contributed by atoms with Gasteiger partial charge in [0.2, 0.25) is 0 Å². The zero-order valence-corrected chi connectivity index (χ0v) is 19.0. The average Bonchev–Trinajstić information content (AvgIpc) is 3.32. The predicted octanol–water partition coefficient (Wildman–Crippen LogP) is 0.284. The second-order valence-corrected chi connectivity index (χ2v) is 10.1. The number of fused-ring (bicyclic) bond motifs is 1. The van der Waals surface area contributed by atoms with Crippen molar-refractivity contribution in [3.8, 4) is 0 Å². The Kier molecular flexibility index (Phi) is 7.12. The Morgan fingerprint density at radius 1 is 1.06 bits per heavy atom. The minimum Gasteiger partial charge on any atom is -0.387 e. The van der Waals surface area contributed by atoms with Crippen LogP contribution in [0.25, 0.3) is 11.2 Å². The predicted molar refractivity (Wildman–Crippen MR) is 114 cm³/mol. The summed E-state index contributed by atoms with van der Waals surface area (Å²) in [6.07, 6.45) is -3.02. The lowest BCUT2D eigenvalue weighted by atomic mass is 10.1. The molecule has 1 fully saturated rings. The molecule has 0 radical (unpaired) electrons. The molecule has 3 aromatic rings. The van der Waals surface area contributed by atoms with Crippen molar-refractivity contribution in [1.82, 2.24) is 19.5 Å². The van der Waals surface area contributed by atoms with E-state index >= 15 is 0 Å². The first-order valence-electron chi connectivity index (χ1n) is 9.75. The van der Waals surface area contributed by atoms with Gasteiger partial charge in [-0.2, -0.15) is 4.31 Å². The van der Waals surface area contributed by atoms with Gasteiger partial charge in [0.15, 0.2) is 23.2 Å². The zero-order valence-electron chi connectivity index (χ0n) is 17.2. The number of phosphoric acid groups is 2. The van der Waals surface area contributed by atoms with E-state index in [-0.39, 0.29) is 5.65 Å². The number of nitrogens with zero attached hydrogens (tertiary/aromatic N) is 4. The van der Waals surface area contributed by atoms with Gasteiger partial charge in [0.25, 0.3) is 0 Å². The quantitative estimate of drug-likeness (QED) is 0.210. The Bertz CT molecular complexity index is 1240. The van der Waals surface area contributed by atoms with Gasteiger partial charge in [-0.3, -0.25) is 9.09 Å². The number of hydrogen-bond donors (Lipinski definition) is 6. The van der Waals surface area contributed by atoms with Crippen LogP contribution in [-0.2, 0) is 29.2 Å². The van der Waals surface area contributed by atoms with Crippen molar-refractivity contribution in [1.29, 1.82) is 0 Å². The van der Waals surface area contributed by atoms with Crippen molar-refractivity contribution in [2.75, 3.05) is 11.9 Å². The minimum atomic E-state index is -5.31. The van der Waals surface area contributed by atoms with E-state index in [9.17, 15) is 24.2 Å². The monoisotopic (exact) mass is 517 g/mol. The molecule has 1 aliphatic heterocycles. The highest BCUT2D eigenvalue weighted by Gasteiger charge is 2.46. The fraction of sp³-hybridized carbons (Fsp3) is 0.353. The number of nitrogens with one attached hydrogen (secondary N) is 1. The first-order valence-corrected chi connectivity index (χ1v) is 12.8. The molecule has 0 saturated carbocycles. The van der Waals surface area contributed by atoms with Crippen LogP contribution in [0.1, 0.15) is 11.8 Å². The van der Waals surface area contributed by atoms with Crippen LogP contribution in [0.15, 0.2) is 43.0 Å². The number of imidazole rings is 1. The van der Waals surface area contributed by atoms with Crippen LogP contribution < -0.4 is 5.32 Å². The number of hydrogen-bond acceptors (Lipinski definition) is 11. The molecule has 0 aliphatic carbocycles. The van der Waals surface area contributed by atoms with E-state index in [1.54, 1.807) is 0 Å². The van der Waals surface area contributed by atoms with Gasteiger partial charge >= 0.3 is 15.6 Å². The molecule has 5 atom stereocenters. The van der Waals surface area contributed by atoms with Gasteiger partial charge in [-0.15, -0.1) is 0 Å². The molecule has 6 N–H and O–H groups in total. The number of benzene rings is 1. The maximum Gasteiger partial charge on any atom is 0.481 e. The summed E-state index contributed by atoms with van der Waals surface area (Å²) in [6.45, 7) is -0.341. The summed E-state index contributed by atoms with van der Waals surface area (Å²) in [5, 5.41) is 23.9. The van der Waals surface area contributed by atoms with E-state index in [4.69, 9.17) is 14.5 Å². The Morgan fingerprint density at radius 2 is 1.79 bits per heavy atom. The number of phosphoric ester groups is 1. The van der Waals surface area contributed by atoms with E-state index in [0.717, 1.165) is 5.56 Å². The molecule has 0 amide bonds. The second kappa shape index (κ2) is 9.76. The number of anilines is 1. The molecular formula is C17H21N5O10P2. The van der Waals surface area contributed by atoms with Crippen molar-refractivity contribution < 1.29 is 47.6 Å². The highest BCUT2D eigenvalue weighted by Crippen LogP contribution is 2.57. The fourth-order valence-electron chi connectivity index (χ4n) is 3.37. The lowest BCUT2D eigenvalue weighted by Crippen LogP contribution is -2.33. The highest BCUT2D eigenvalue weighted by atomic mass is 31.3. The van der Waals surface area contributed by atoms with Gasteiger partial charge < -0.3 is 34.9 Å². The molecule has 4 rings (SSSR count). The van der Waals surface area contributed by atoms with Crippen LogP contribution in [0.5, 0.6) is 0 Å². The lowest BCUT2D eigenvalue weighted by Gasteiger charge is -2.17. The van der Waals surface area contributed by atoms with Crippen molar-refractivity contribution in [3.05, 3.63) is 48.5 Å². The number of aliphatic hydroxyl groups excluding tert-OH is 2. The van der Waals surface area contributed by atoms with Crippen LogP contribution >= 0.6 is 15.6 Å². The van der Waals surface area contributed by atoms with E-state index < -0.39 is 46.8 Å². The van der Waals surface area contributed by atoms with Gasteiger partial charge in [-0.1, -0.05) is 30.3 Å². The number of rotatable bonds is 9. The van der Waals surface area contributed by atoms with Crippen molar-refractivity contribution in [2.45, 2.75) is 31.1 Å². The lowest BCUT2D eigenvalue weighted by molar-refractivity contribution is -0.0503. The molecule has 3 heterocycles. The molecule has 1 aromatic carbocycles. The zero-order chi connectivity index (χ0) is 24.5. The van der Waals surface area contributed by atoms with Crippen LogP contribution in [0.4, 0.5) is 5.82 Å². The summed E-state index contributed by atoms with van der Waals surface area (Å²) >= 11 is 0. The number of aromatic nitrogens is 4. The Balaban J connectivity index is 1.48.